The molecule has 158 valence electrons. The van der Waals surface area contributed by atoms with Gasteiger partial charge in [-0.2, -0.15) is 5.10 Å². The average Bonchev–Trinajstić information content (AvgIpc) is 3.21. The van der Waals surface area contributed by atoms with Crippen molar-refractivity contribution in [3.8, 4) is 11.4 Å². The summed E-state index contributed by atoms with van der Waals surface area (Å²) >= 11 is 0. The number of aromatic nitrogens is 2. The standard InChI is InChI=1S/C24H22FN3O3/c1-16(27-23(30)15-29)24(17-5-3-2-4-6-17)31-21-11-12-22-18(13-21)14-26-28(22)20-9-7-19(25)8-10-20/h2-14,16,24,29H,15H2,1H3,(H,27,30). The van der Waals surface area contributed by atoms with E-state index >= 15 is 0 Å². The quantitative estimate of drug-likeness (QED) is 0.478. The molecule has 0 fully saturated rings. The number of ether oxygens (including phenoxy) is 1. The minimum atomic E-state index is -0.583. The Labute approximate surface area is 178 Å². The molecule has 0 saturated heterocycles. The third-order valence-electron chi connectivity index (χ3n) is 4.99. The first-order chi connectivity index (χ1) is 15.0. The summed E-state index contributed by atoms with van der Waals surface area (Å²) in [5.41, 5.74) is 2.51. The second kappa shape index (κ2) is 8.97. The molecule has 31 heavy (non-hydrogen) atoms. The number of nitrogens with one attached hydrogen (secondary N) is 1. The number of hydrogen-bond donors (Lipinski definition) is 2. The average molecular weight is 419 g/mol. The van der Waals surface area contributed by atoms with E-state index in [1.807, 2.05) is 55.5 Å². The van der Waals surface area contributed by atoms with Gasteiger partial charge in [0.05, 0.1) is 23.4 Å². The molecule has 2 unspecified atom stereocenters. The maximum Gasteiger partial charge on any atom is 0.246 e. The molecular formula is C24H22FN3O3. The second-order valence-electron chi connectivity index (χ2n) is 7.22. The van der Waals surface area contributed by atoms with Crippen molar-refractivity contribution in [3.63, 3.8) is 0 Å². The molecule has 3 aromatic carbocycles. The van der Waals surface area contributed by atoms with Crippen molar-refractivity contribution in [1.29, 1.82) is 0 Å². The molecule has 0 spiro atoms. The van der Waals surface area contributed by atoms with Gasteiger partial charge in [0.2, 0.25) is 5.91 Å². The number of halogens is 1. The molecule has 4 rings (SSSR count). The van der Waals surface area contributed by atoms with E-state index in [2.05, 4.69) is 10.4 Å². The predicted octanol–water partition coefficient (Wildman–Crippen LogP) is 3.78. The Hall–Kier alpha value is -3.71. The first kappa shape index (κ1) is 20.6. The molecule has 0 radical (unpaired) electrons. The Bertz CT molecular complexity index is 1180. The number of carbonyl (C=O) groups is 1. The van der Waals surface area contributed by atoms with Crippen LogP contribution < -0.4 is 10.1 Å². The summed E-state index contributed by atoms with van der Waals surface area (Å²) in [5.74, 6) is -0.150. The minimum Gasteiger partial charge on any atom is -0.484 e. The fourth-order valence-electron chi connectivity index (χ4n) is 3.50. The van der Waals surface area contributed by atoms with Crippen molar-refractivity contribution in [2.75, 3.05) is 6.61 Å². The minimum absolute atomic E-state index is 0.301. The van der Waals surface area contributed by atoms with E-state index in [-0.39, 0.29) is 11.9 Å². The largest absolute Gasteiger partial charge is 0.484 e. The first-order valence-electron chi connectivity index (χ1n) is 9.90. The van der Waals surface area contributed by atoms with Crippen LogP contribution in [-0.4, -0.2) is 33.4 Å². The van der Waals surface area contributed by atoms with Crippen LogP contribution in [0, 0.1) is 5.82 Å². The number of aliphatic hydroxyl groups excluding tert-OH is 1. The molecule has 7 heteroatoms. The van der Waals surface area contributed by atoms with E-state index in [4.69, 9.17) is 9.84 Å². The van der Waals surface area contributed by atoms with Crippen molar-refractivity contribution < 1.29 is 19.0 Å². The second-order valence-corrected chi connectivity index (χ2v) is 7.22. The Kier molecular flexibility index (Phi) is 5.95. The van der Waals surface area contributed by atoms with Crippen LogP contribution >= 0.6 is 0 Å². The number of carbonyl (C=O) groups excluding carboxylic acids is 1. The summed E-state index contributed by atoms with van der Waals surface area (Å²) in [6.45, 7) is 1.25. The van der Waals surface area contributed by atoms with Gasteiger partial charge in [0.25, 0.3) is 0 Å². The fraction of sp³-hybridized carbons (Fsp3) is 0.167. The number of benzene rings is 3. The lowest BCUT2D eigenvalue weighted by Crippen LogP contribution is -2.40. The summed E-state index contributed by atoms with van der Waals surface area (Å²) in [4.78, 5) is 11.7. The summed E-state index contributed by atoms with van der Waals surface area (Å²) < 4.78 is 21.2. The highest BCUT2D eigenvalue weighted by molar-refractivity contribution is 5.81. The Morgan fingerprint density at radius 2 is 1.87 bits per heavy atom. The zero-order valence-corrected chi connectivity index (χ0v) is 16.9. The normalized spacial score (nSPS) is 13.0. The van der Waals surface area contributed by atoms with E-state index in [1.54, 1.807) is 23.0 Å². The summed E-state index contributed by atoms with van der Waals surface area (Å²) in [6, 6.07) is 20.9. The van der Waals surface area contributed by atoms with Crippen molar-refractivity contribution in [1.82, 2.24) is 15.1 Å². The maximum atomic E-state index is 13.2. The van der Waals surface area contributed by atoms with Crippen LogP contribution in [0.15, 0.2) is 79.0 Å². The van der Waals surface area contributed by atoms with Crippen molar-refractivity contribution in [3.05, 3.63) is 90.4 Å². The zero-order valence-electron chi connectivity index (χ0n) is 16.9. The van der Waals surface area contributed by atoms with Gasteiger partial charge >= 0.3 is 0 Å². The SMILES string of the molecule is CC(NC(=O)CO)C(Oc1ccc2c(cnn2-c2ccc(F)cc2)c1)c1ccccc1. The number of hydrogen-bond acceptors (Lipinski definition) is 4. The fourth-order valence-corrected chi connectivity index (χ4v) is 3.50. The lowest BCUT2D eigenvalue weighted by molar-refractivity contribution is -0.125. The Morgan fingerprint density at radius 3 is 2.58 bits per heavy atom. The van der Waals surface area contributed by atoms with Crippen molar-refractivity contribution in [2.45, 2.75) is 19.1 Å². The molecule has 0 bridgehead atoms. The molecule has 2 N–H and O–H groups in total. The highest BCUT2D eigenvalue weighted by Gasteiger charge is 2.23. The summed E-state index contributed by atoms with van der Waals surface area (Å²) in [6.07, 6.45) is 1.27. The number of aliphatic hydroxyl groups is 1. The van der Waals surface area contributed by atoms with Gasteiger partial charge in [0.1, 0.15) is 24.3 Å². The van der Waals surface area contributed by atoms with E-state index < -0.39 is 18.6 Å². The lowest BCUT2D eigenvalue weighted by atomic mass is 10.0. The van der Waals surface area contributed by atoms with Gasteiger partial charge < -0.3 is 15.2 Å². The molecule has 2 atom stereocenters. The Balaban J connectivity index is 1.63. The number of amides is 1. The third kappa shape index (κ3) is 4.57. The smallest absolute Gasteiger partial charge is 0.246 e. The number of rotatable bonds is 7. The van der Waals surface area contributed by atoms with E-state index in [0.717, 1.165) is 22.2 Å². The lowest BCUT2D eigenvalue weighted by Gasteiger charge is -2.26. The maximum absolute atomic E-state index is 13.2. The summed E-state index contributed by atoms with van der Waals surface area (Å²) in [7, 11) is 0. The first-order valence-corrected chi connectivity index (χ1v) is 9.90. The van der Waals surface area contributed by atoms with Crippen LogP contribution in [0.5, 0.6) is 5.75 Å². The van der Waals surface area contributed by atoms with Gasteiger partial charge in [0.15, 0.2) is 0 Å². The van der Waals surface area contributed by atoms with Crippen molar-refractivity contribution >= 4 is 16.8 Å². The van der Waals surface area contributed by atoms with Gasteiger partial charge in [-0.1, -0.05) is 30.3 Å². The molecule has 0 aliphatic carbocycles. The molecule has 0 aliphatic rings. The molecule has 0 saturated carbocycles. The molecule has 1 amide bonds. The summed E-state index contributed by atoms with van der Waals surface area (Å²) in [5, 5.41) is 17.1. The van der Waals surface area contributed by atoms with Crippen LogP contribution in [0.25, 0.3) is 16.6 Å². The van der Waals surface area contributed by atoms with E-state index in [1.165, 1.54) is 12.1 Å². The molecule has 4 aromatic rings. The Morgan fingerprint density at radius 1 is 1.13 bits per heavy atom. The van der Waals surface area contributed by atoms with Crippen LogP contribution in [0.4, 0.5) is 4.39 Å². The van der Waals surface area contributed by atoms with Gasteiger partial charge in [-0.15, -0.1) is 0 Å². The van der Waals surface area contributed by atoms with Crippen LogP contribution in [0.3, 0.4) is 0 Å². The third-order valence-corrected chi connectivity index (χ3v) is 4.99. The van der Waals surface area contributed by atoms with Crippen molar-refractivity contribution in [2.24, 2.45) is 0 Å². The predicted molar refractivity (Wildman–Crippen MR) is 116 cm³/mol. The van der Waals surface area contributed by atoms with Gasteiger partial charge in [0, 0.05) is 5.39 Å². The van der Waals surface area contributed by atoms with Crippen LogP contribution in [-0.2, 0) is 4.79 Å². The van der Waals surface area contributed by atoms with Gasteiger partial charge in [-0.05, 0) is 55.0 Å². The van der Waals surface area contributed by atoms with Crippen LogP contribution in [0.1, 0.15) is 18.6 Å². The molecule has 6 nitrogen and oxygen atoms in total. The molecule has 1 heterocycles. The highest BCUT2D eigenvalue weighted by atomic mass is 19.1. The highest BCUT2D eigenvalue weighted by Crippen LogP contribution is 2.29. The molecule has 1 aromatic heterocycles. The van der Waals surface area contributed by atoms with Crippen LogP contribution in [0.2, 0.25) is 0 Å². The topological polar surface area (TPSA) is 76.4 Å². The number of fused-ring (bicyclic) bond motifs is 1. The molecular weight excluding hydrogens is 397 g/mol. The molecule has 0 aliphatic heterocycles. The van der Waals surface area contributed by atoms with E-state index in [0.29, 0.717) is 5.75 Å². The van der Waals surface area contributed by atoms with E-state index in [9.17, 15) is 9.18 Å². The monoisotopic (exact) mass is 419 g/mol. The van der Waals surface area contributed by atoms with Gasteiger partial charge in [-0.25, -0.2) is 9.07 Å². The number of nitrogens with zero attached hydrogens (tertiary/aromatic N) is 2. The van der Waals surface area contributed by atoms with Gasteiger partial charge in [-0.3, -0.25) is 4.79 Å². The zero-order chi connectivity index (χ0) is 21.8.